The van der Waals surface area contributed by atoms with Gasteiger partial charge in [0.25, 0.3) is 0 Å². The molecule has 0 aliphatic heterocycles. The van der Waals surface area contributed by atoms with Crippen LogP contribution in [0.2, 0.25) is 0 Å². The summed E-state index contributed by atoms with van der Waals surface area (Å²) in [7, 11) is 0. The Bertz CT molecular complexity index is 625. The Morgan fingerprint density at radius 1 is 0.903 bits per heavy atom. The van der Waals surface area contributed by atoms with Gasteiger partial charge in [-0.15, -0.1) is 0 Å². The Morgan fingerprint density at radius 2 is 1.39 bits per heavy atom. The van der Waals surface area contributed by atoms with E-state index in [9.17, 15) is 9.59 Å². The van der Waals surface area contributed by atoms with Crippen LogP contribution in [-0.4, -0.2) is 33.4 Å². The molecular formula is C25H43NO5. The summed E-state index contributed by atoms with van der Waals surface area (Å²) in [6, 6.07) is 8.68. The van der Waals surface area contributed by atoms with Gasteiger partial charge in [-0.25, -0.2) is 4.79 Å². The first-order valence-corrected chi connectivity index (χ1v) is 11.6. The number of hydrogen-bond donors (Lipinski definition) is 4. The van der Waals surface area contributed by atoms with Crippen molar-refractivity contribution < 1.29 is 24.9 Å². The number of aliphatic hydroxyl groups is 1. The molecule has 1 unspecified atom stereocenters. The first-order valence-electron chi connectivity index (χ1n) is 11.6. The van der Waals surface area contributed by atoms with E-state index in [2.05, 4.69) is 45.0 Å². The molecule has 1 rings (SSSR count). The van der Waals surface area contributed by atoms with Crippen molar-refractivity contribution in [3.8, 4) is 0 Å². The minimum Gasteiger partial charge on any atom is -0.481 e. The Labute approximate surface area is 187 Å². The zero-order valence-electron chi connectivity index (χ0n) is 19.6. The summed E-state index contributed by atoms with van der Waals surface area (Å²) >= 11 is 0. The van der Waals surface area contributed by atoms with Crippen molar-refractivity contribution in [2.45, 2.75) is 109 Å². The number of carboxylic acid groups (broad SMARTS) is 2. The number of nitrogens with two attached hydrogens (primary N) is 1. The highest BCUT2D eigenvalue weighted by Gasteiger charge is 2.17. The van der Waals surface area contributed by atoms with E-state index in [4.69, 9.17) is 21.1 Å². The molecule has 0 aromatic heterocycles. The van der Waals surface area contributed by atoms with Crippen LogP contribution in [0.15, 0.2) is 24.3 Å². The molecule has 0 saturated heterocycles. The van der Waals surface area contributed by atoms with Gasteiger partial charge in [0.1, 0.15) is 0 Å². The number of hydrogen-bond acceptors (Lipinski definition) is 4. The number of aliphatic hydroxyl groups excluding tert-OH is 1. The Morgan fingerprint density at radius 3 is 1.81 bits per heavy atom. The first-order chi connectivity index (χ1) is 14.6. The lowest BCUT2D eigenvalue weighted by Gasteiger charge is -2.23. The number of aryl methyl sites for hydroxylation is 1. The predicted molar refractivity (Wildman–Crippen MR) is 125 cm³/mol. The quantitative estimate of drug-likeness (QED) is 0.278. The maximum Gasteiger partial charge on any atom is 0.333 e. The van der Waals surface area contributed by atoms with E-state index in [1.165, 1.54) is 81.8 Å². The van der Waals surface area contributed by atoms with E-state index in [0.717, 1.165) is 0 Å². The van der Waals surface area contributed by atoms with E-state index in [-0.39, 0.29) is 5.54 Å². The molecule has 5 N–H and O–H groups in total. The summed E-state index contributed by atoms with van der Waals surface area (Å²) in [5.74, 6) is -2.85. The largest absolute Gasteiger partial charge is 0.481 e. The predicted octanol–water partition coefficient (Wildman–Crippen LogP) is 5.25. The monoisotopic (exact) mass is 437 g/mol. The Kier molecular flexibility index (Phi) is 15.7. The van der Waals surface area contributed by atoms with Crippen molar-refractivity contribution in [3.05, 3.63) is 35.4 Å². The molecule has 6 nitrogen and oxygen atoms in total. The third kappa shape index (κ3) is 15.5. The Balaban J connectivity index is 0.000000842. The second-order valence-corrected chi connectivity index (χ2v) is 8.76. The van der Waals surface area contributed by atoms with Crippen molar-refractivity contribution in [2.24, 2.45) is 5.73 Å². The highest BCUT2D eigenvalue weighted by Crippen LogP contribution is 2.23. The highest BCUT2D eigenvalue weighted by atomic mass is 16.4. The molecule has 178 valence electrons. The third-order valence-electron chi connectivity index (χ3n) is 5.16. The molecule has 0 aliphatic rings. The topological polar surface area (TPSA) is 121 Å². The fraction of sp³-hybridized carbons (Fsp3) is 0.680. The lowest BCUT2D eigenvalue weighted by atomic mass is 9.89. The van der Waals surface area contributed by atoms with Crippen LogP contribution in [0.4, 0.5) is 0 Å². The molecule has 1 aromatic rings. The van der Waals surface area contributed by atoms with Crippen LogP contribution in [-0.2, 0) is 21.5 Å². The second-order valence-electron chi connectivity index (χ2n) is 8.76. The number of unbranched alkanes of at least 4 members (excludes halogenated alkanes) is 9. The lowest BCUT2D eigenvalue weighted by Crippen LogP contribution is -2.30. The molecular weight excluding hydrogens is 394 g/mol. The standard InChI is InChI=1S/C21H37N.C4H6O5/c1-4-5-6-7-8-9-10-11-12-13-16-19-17-14-15-18-20(19)21(2,3)22;5-2(4(8)9)1-3(6)7/h14-15,17-18H,4-13,16,22H2,1-3H3;2,5H,1H2,(H,6,7)(H,8,9). The summed E-state index contributed by atoms with van der Waals surface area (Å²) in [6.07, 6.45) is 12.6. The second kappa shape index (κ2) is 16.7. The van der Waals surface area contributed by atoms with Gasteiger partial charge in [0.15, 0.2) is 6.10 Å². The number of benzene rings is 1. The summed E-state index contributed by atoms with van der Waals surface area (Å²) in [4.78, 5) is 19.4. The van der Waals surface area contributed by atoms with Crippen LogP contribution in [0.1, 0.15) is 103 Å². The van der Waals surface area contributed by atoms with Crippen molar-refractivity contribution in [2.75, 3.05) is 0 Å². The molecule has 0 amide bonds. The molecule has 0 bridgehead atoms. The van der Waals surface area contributed by atoms with Crippen LogP contribution in [0.3, 0.4) is 0 Å². The van der Waals surface area contributed by atoms with E-state index in [0.29, 0.717) is 0 Å². The van der Waals surface area contributed by atoms with Gasteiger partial charge < -0.3 is 21.1 Å². The fourth-order valence-corrected chi connectivity index (χ4v) is 3.42. The van der Waals surface area contributed by atoms with Gasteiger partial charge in [-0.1, -0.05) is 89.0 Å². The van der Waals surface area contributed by atoms with Crippen LogP contribution in [0.25, 0.3) is 0 Å². The minimum absolute atomic E-state index is 0.227. The van der Waals surface area contributed by atoms with Crippen molar-refractivity contribution in [3.63, 3.8) is 0 Å². The van der Waals surface area contributed by atoms with E-state index < -0.39 is 24.5 Å². The molecule has 0 aliphatic carbocycles. The van der Waals surface area contributed by atoms with E-state index in [1.807, 2.05) is 0 Å². The summed E-state index contributed by atoms with van der Waals surface area (Å²) in [6.45, 7) is 6.48. The Hall–Kier alpha value is -1.92. The maximum absolute atomic E-state index is 9.72. The van der Waals surface area contributed by atoms with E-state index in [1.54, 1.807) is 0 Å². The molecule has 1 atom stereocenters. The number of carboxylic acids is 2. The molecule has 6 heteroatoms. The van der Waals surface area contributed by atoms with Crippen LogP contribution >= 0.6 is 0 Å². The molecule has 0 radical (unpaired) electrons. The van der Waals surface area contributed by atoms with Gasteiger partial charge in [-0.05, 0) is 37.8 Å². The van der Waals surface area contributed by atoms with Gasteiger partial charge in [0.2, 0.25) is 0 Å². The third-order valence-corrected chi connectivity index (χ3v) is 5.16. The smallest absolute Gasteiger partial charge is 0.333 e. The lowest BCUT2D eigenvalue weighted by molar-refractivity contribution is -0.152. The van der Waals surface area contributed by atoms with Crippen LogP contribution in [0, 0.1) is 0 Å². The van der Waals surface area contributed by atoms with Crippen LogP contribution in [0.5, 0.6) is 0 Å². The number of carbonyl (C=O) groups is 2. The first kappa shape index (κ1) is 29.1. The zero-order valence-corrected chi connectivity index (χ0v) is 19.6. The highest BCUT2D eigenvalue weighted by molar-refractivity contribution is 5.79. The van der Waals surface area contributed by atoms with Crippen molar-refractivity contribution >= 4 is 11.9 Å². The average molecular weight is 438 g/mol. The number of aliphatic carboxylic acids is 2. The molecule has 31 heavy (non-hydrogen) atoms. The van der Waals surface area contributed by atoms with Gasteiger partial charge >= 0.3 is 11.9 Å². The van der Waals surface area contributed by atoms with Gasteiger partial charge in [0.05, 0.1) is 6.42 Å². The SMILES string of the molecule is CCCCCCCCCCCCc1ccccc1C(C)(C)N.O=C(O)CC(O)C(=O)O. The molecule has 0 heterocycles. The normalized spacial score (nSPS) is 12.0. The van der Waals surface area contributed by atoms with Gasteiger partial charge in [-0.2, -0.15) is 0 Å². The minimum atomic E-state index is -1.79. The molecule has 0 saturated carbocycles. The van der Waals surface area contributed by atoms with Gasteiger partial charge in [-0.3, -0.25) is 4.79 Å². The average Bonchev–Trinajstić information content (AvgIpc) is 2.69. The fourth-order valence-electron chi connectivity index (χ4n) is 3.42. The van der Waals surface area contributed by atoms with Crippen LogP contribution < -0.4 is 5.73 Å². The number of rotatable bonds is 15. The summed E-state index contributed by atoms with van der Waals surface area (Å²) in [5, 5.41) is 24.1. The summed E-state index contributed by atoms with van der Waals surface area (Å²) in [5.41, 5.74) is 8.80. The molecule has 1 aromatic carbocycles. The maximum atomic E-state index is 9.72. The van der Waals surface area contributed by atoms with Crippen molar-refractivity contribution in [1.29, 1.82) is 0 Å². The van der Waals surface area contributed by atoms with Crippen molar-refractivity contribution in [1.82, 2.24) is 0 Å². The molecule has 0 spiro atoms. The van der Waals surface area contributed by atoms with Gasteiger partial charge in [0, 0.05) is 5.54 Å². The summed E-state index contributed by atoms with van der Waals surface area (Å²) < 4.78 is 0. The zero-order chi connectivity index (χ0) is 23.7. The van der Waals surface area contributed by atoms with E-state index >= 15 is 0 Å². The molecule has 0 fully saturated rings.